The fourth-order valence-electron chi connectivity index (χ4n) is 9.96. The van der Waals surface area contributed by atoms with E-state index in [1.54, 1.807) is 0 Å². The van der Waals surface area contributed by atoms with Gasteiger partial charge in [0.05, 0.1) is 43.5 Å². The number of Topliss-reactive ketones (excluding diaryl/α,β-unsaturated/α-hetero) is 1. The highest BCUT2D eigenvalue weighted by atomic mass is 16.5. The smallest absolute Gasteiger partial charge is 0.222 e. The Labute approximate surface area is 352 Å². The Bertz CT molecular complexity index is 1780. The Morgan fingerprint density at radius 1 is 0.797 bits per heavy atom. The van der Waals surface area contributed by atoms with Gasteiger partial charge < -0.3 is 35.7 Å². The van der Waals surface area contributed by atoms with Gasteiger partial charge in [-0.1, -0.05) is 76.5 Å². The minimum Gasteiger partial charge on any atom is -0.382 e. The Balaban J connectivity index is 0.770. The van der Waals surface area contributed by atoms with E-state index in [1.165, 1.54) is 70.6 Å². The normalized spacial score (nSPS) is 22.5. The minimum atomic E-state index is -0.0299. The number of imidazole rings is 1. The summed E-state index contributed by atoms with van der Waals surface area (Å²) >= 11 is 0. The zero-order valence-electron chi connectivity index (χ0n) is 36.0. The van der Waals surface area contributed by atoms with Crippen molar-refractivity contribution in [3.8, 4) is 0 Å². The van der Waals surface area contributed by atoms with Gasteiger partial charge in [-0.25, -0.2) is 9.97 Å². The maximum Gasteiger partial charge on any atom is 0.222 e. The van der Waals surface area contributed by atoms with Gasteiger partial charge in [-0.2, -0.15) is 0 Å². The van der Waals surface area contributed by atoms with Crippen molar-refractivity contribution in [1.29, 1.82) is 0 Å². The second-order valence-electron chi connectivity index (χ2n) is 17.4. The number of amides is 2. The number of aromatic nitrogens is 3. The number of nitrogens with zero attached hydrogens (tertiary/aromatic N) is 3. The Morgan fingerprint density at radius 2 is 1.44 bits per heavy atom. The number of unbranched alkanes of at least 4 members (excludes halogenated alkanes) is 3. The van der Waals surface area contributed by atoms with E-state index in [0.29, 0.717) is 81.8 Å². The lowest BCUT2D eigenvalue weighted by Gasteiger charge is -2.38. The number of anilines is 1. The summed E-state index contributed by atoms with van der Waals surface area (Å²) < 4.78 is 13.5. The first-order valence-corrected chi connectivity index (χ1v) is 23.5. The SMILES string of the molecule is CCCCc1nc2c(N)nc3ccccc3c2n1CCCCNC(=O)CCOCCOCCC(=O)NCCCCC1NC2C3CCCCCCCCCC(CC3)C2C1=O. The molecule has 12 heteroatoms. The number of hydrogen-bond acceptors (Lipinski definition) is 9. The van der Waals surface area contributed by atoms with E-state index in [1.807, 2.05) is 18.2 Å². The van der Waals surface area contributed by atoms with E-state index in [4.69, 9.17) is 20.2 Å². The Kier molecular flexibility index (Phi) is 18.3. The molecule has 326 valence electrons. The lowest BCUT2D eigenvalue weighted by atomic mass is 9.67. The van der Waals surface area contributed by atoms with Gasteiger partial charge in [0.2, 0.25) is 11.8 Å². The average Bonchev–Trinajstić information content (AvgIpc) is 3.78. The summed E-state index contributed by atoms with van der Waals surface area (Å²) in [7, 11) is 0. The molecule has 1 aliphatic heterocycles. The van der Waals surface area contributed by atoms with Crippen LogP contribution in [0, 0.1) is 17.8 Å². The third-order valence-electron chi connectivity index (χ3n) is 13.2. The van der Waals surface area contributed by atoms with Gasteiger partial charge in [0, 0.05) is 56.2 Å². The maximum atomic E-state index is 13.6. The highest BCUT2D eigenvalue weighted by molar-refractivity contribution is 6.06. The van der Waals surface area contributed by atoms with E-state index in [9.17, 15) is 14.4 Å². The first-order valence-electron chi connectivity index (χ1n) is 23.5. The molecule has 1 aromatic carbocycles. The summed E-state index contributed by atoms with van der Waals surface area (Å²) in [6, 6.07) is 8.43. The molecule has 5 unspecified atom stereocenters. The number of aryl methyl sites for hydroxylation is 2. The van der Waals surface area contributed by atoms with Crippen LogP contribution in [0.3, 0.4) is 0 Å². The monoisotopic (exact) mass is 816 g/mol. The number of rotatable bonds is 22. The van der Waals surface area contributed by atoms with Crippen molar-refractivity contribution >= 4 is 45.4 Å². The number of nitrogen functional groups attached to an aromatic ring is 1. The van der Waals surface area contributed by atoms with Crippen LogP contribution in [-0.2, 0) is 36.8 Å². The zero-order valence-corrected chi connectivity index (χ0v) is 36.0. The van der Waals surface area contributed by atoms with Crippen molar-refractivity contribution < 1.29 is 23.9 Å². The number of para-hydroxylation sites is 1. The number of fused-ring (bicyclic) bond motifs is 3. The highest BCUT2D eigenvalue weighted by Gasteiger charge is 2.50. The quantitative estimate of drug-likeness (QED) is 0.0750. The first-order chi connectivity index (χ1) is 28.9. The summed E-state index contributed by atoms with van der Waals surface area (Å²) in [5.74, 6) is 3.37. The molecule has 0 radical (unpaired) electrons. The van der Waals surface area contributed by atoms with Gasteiger partial charge in [0.1, 0.15) is 11.3 Å². The third-order valence-corrected chi connectivity index (χ3v) is 13.2. The van der Waals surface area contributed by atoms with Crippen LogP contribution >= 0.6 is 0 Å². The molecule has 12 nitrogen and oxygen atoms in total. The van der Waals surface area contributed by atoms with Crippen molar-refractivity contribution in [2.45, 2.75) is 160 Å². The summed E-state index contributed by atoms with van der Waals surface area (Å²) in [6.45, 7) is 5.61. The third kappa shape index (κ3) is 12.9. The Morgan fingerprint density at radius 3 is 2.15 bits per heavy atom. The van der Waals surface area contributed by atoms with Gasteiger partial charge in [0.15, 0.2) is 11.6 Å². The zero-order chi connectivity index (χ0) is 41.2. The van der Waals surface area contributed by atoms with Crippen LogP contribution in [0.15, 0.2) is 24.3 Å². The number of hydrogen-bond donors (Lipinski definition) is 4. The van der Waals surface area contributed by atoms with Crippen molar-refractivity contribution in [2.24, 2.45) is 17.8 Å². The lowest BCUT2D eigenvalue weighted by Crippen LogP contribution is -2.43. The van der Waals surface area contributed by atoms with E-state index < -0.39 is 0 Å². The van der Waals surface area contributed by atoms with Gasteiger partial charge in [-0.3, -0.25) is 14.4 Å². The fourth-order valence-corrected chi connectivity index (χ4v) is 9.96. The molecule has 5 N–H and O–H groups in total. The predicted octanol–water partition coefficient (Wildman–Crippen LogP) is 7.58. The molecule has 6 rings (SSSR count). The van der Waals surface area contributed by atoms with E-state index >= 15 is 0 Å². The molecule has 2 saturated carbocycles. The highest BCUT2D eigenvalue weighted by Crippen LogP contribution is 2.44. The molecule has 2 bridgehead atoms. The summed E-state index contributed by atoms with van der Waals surface area (Å²) in [4.78, 5) is 47.9. The van der Waals surface area contributed by atoms with Gasteiger partial charge in [-0.05, 0) is 82.1 Å². The second-order valence-corrected chi connectivity index (χ2v) is 17.4. The number of ketones is 1. The van der Waals surface area contributed by atoms with Crippen LogP contribution in [0.5, 0.6) is 0 Å². The molecular formula is C47H73N7O5. The first kappa shape index (κ1) is 44.9. The number of ether oxygens (including phenoxy) is 2. The largest absolute Gasteiger partial charge is 0.382 e. The number of nitrogens with one attached hydrogen (secondary N) is 3. The van der Waals surface area contributed by atoms with Gasteiger partial charge >= 0.3 is 0 Å². The molecule has 59 heavy (non-hydrogen) atoms. The predicted molar refractivity (Wildman–Crippen MR) is 235 cm³/mol. The second kappa shape index (κ2) is 24.0. The Hall–Kier alpha value is -3.61. The number of benzene rings is 1. The summed E-state index contributed by atoms with van der Waals surface area (Å²) in [5, 5.41) is 10.9. The molecule has 0 spiro atoms. The number of carbonyl (C=O) groups excluding carboxylic acids is 3. The lowest BCUT2D eigenvalue weighted by molar-refractivity contribution is -0.125. The molecule has 3 heterocycles. The molecule has 2 aliphatic carbocycles. The van der Waals surface area contributed by atoms with Crippen molar-refractivity contribution in [3.05, 3.63) is 30.1 Å². The van der Waals surface area contributed by atoms with Crippen LogP contribution in [0.1, 0.15) is 141 Å². The van der Waals surface area contributed by atoms with Gasteiger partial charge in [0.25, 0.3) is 0 Å². The molecule has 3 aliphatic rings. The fraction of sp³-hybridized carbons (Fsp3) is 0.723. The molecule has 3 fully saturated rings. The molecular weight excluding hydrogens is 743 g/mol. The van der Waals surface area contributed by atoms with Gasteiger partial charge in [-0.15, -0.1) is 0 Å². The minimum absolute atomic E-state index is 0.0161. The van der Waals surface area contributed by atoms with Crippen LogP contribution in [0.2, 0.25) is 0 Å². The van der Waals surface area contributed by atoms with E-state index in [2.05, 4.69) is 38.5 Å². The molecule has 2 aromatic heterocycles. The van der Waals surface area contributed by atoms with Crippen LogP contribution in [-0.4, -0.2) is 83.7 Å². The topological polar surface area (TPSA) is 162 Å². The van der Waals surface area contributed by atoms with Crippen LogP contribution in [0.4, 0.5) is 5.82 Å². The van der Waals surface area contributed by atoms with Crippen LogP contribution < -0.4 is 21.7 Å². The molecule has 2 amide bonds. The molecule has 3 aromatic rings. The summed E-state index contributed by atoms with van der Waals surface area (Å²) in [6.07, 6.45) is 22.4. The number of pyridine rings is 1. The standard InChI is InChI=1S/C47H73N7O5/c1-2-3-22-39-53-44-45(36-19-11-12-20-37(36)52-47(44)48)54(39)29-16-15-28-50-41(56)26-31-59-33-32-58-30-25-40(55)49-27-14-13-21-38-46(57)42-34-17-9-7-5-4-6-8-10-18-35(24-23-34)43(42)51-38/h11-12,19-20,34-35,38,42-43,51H,2-10,13-18,21-33H2,1H3,(H2,48,52)(H,49,55)(H,50,56). The molecule has 5 atom stereocenters. The number of carbonyl (C=O) groups is 3. The summed E-state index contributed by atoms with van der Waals surface area (Å²) in [5.41, 5.74) is 9.02. The maximum absolute atomic E-state index is 13.6. The molecule has 1 saturated heterocycles. The van der Waals surface area contributed by atoms with Crippen molar-refractivity contribution in [2.75, 3.05) is 45.3 Å². The van der Waals surface area contributed by atoms with Crippen LogP contribution in [0.25, 0.3) is 21.9 Å². The van der Waals surface area contributed by atoms with E-state index in [0.717, 1.165) is 85.7 Å². The van der Waals surface area contributed by atoms with Crippen molar-refractivity contribution in [1.82, 2.24) is 30.5 Å². The number of nitrogens with two attached hydrogens (primary N) is 1. The average molecular weight is 816 g/mol. The van der Waals surface area contributed by atoms with E-state index in [-0.39, 0.29) is 23.8 Å². The van der Waals surface area contributed by atoms with Crippen molar-refractivity contribution in [3.63, 3.8) is 0 Å².